The zero-order valence-corrected chi connectivity index (χ0v) is 13.9. The second-order valence-corrected chi connectivity index (χ2v) is 7.14. The van der Waals surface area contributed by atoms with Gasteiger partial charge in [0.25, 0.3) is 0 Å². The molecule has 0 aliphatic heterocycles. The molecule has 2 fully saturated rings. The highest BCUT2D eigenvalue weighted by molar-refractivity contribution is 5.88. The van der Waals surface area contributed by atoms with E-state index in [0.29, 0.717) is 6.54 Å². The van der Waals surface area contributed by atoms with Crippen molar-refractivity contribution in [2.45, 2.75) is 62.4 Å². The highest BCUT2D eigenvalue weighted by atomic mass is 16.5. The molecule has 2 aliphatic carbocycles. The maximum absolute atomic E-state index is 13.0. The summed E-state index contributed by atoms with van der Waals surface area (Å²) >= 11 is 0. The van der Waals surface area contributed by atoms with E-state index in [-0.39, 0.29) is 5.91 Å². The summed E-state index contributed by atoms with van der Waals surface area (Å²) in [6, 6.07) is 7.87. The molecule has 2 saturated carbocycles. The zero-order valence-electron chi connectivity index (χ0n) is 13.9. The average molecular weight is 317 g/mol. The molecule has 1 amide bonds. The Morgan fingerprint density at radius 2 is 1.83 bits per heavy atom. The van der Waals surface area contributed by atoms with E-state index in [0.717, 1.165) is 62.7 Å². The predicted molar refractivity (Wildman–Crippen MR) is 89.6 cm³/mol. The van der Waals surface area contributed by atoms with E-state index < -0.39 is 11.0 Å². The molecule has 1 aromatic carbocycles. The van der Waals surface area contributed by atoms with Crippen LogP contribution < -0.4 is 10.1 Å². The minimum absolute atomic E-state index is 0.0589. The van der Waals surface area contributed by atoms with Gasteiger partial charge in [0.05, 0.1) is 18.1 Å². The summed E-state index contributed by atoms with van der Waals surface area (Å²) in [4.78, 5) is 13.0. The molecule has 0 saturated heterocycles. The van der Waals surface area contributed by atoms with Gasteiger partial charge in [0.1, 0.15) is 5.75 Å². The van der Waals surface area contributed by atoms with E-state index >= 15 is 0 Å². The van der Waals surface area contributed by atoms with Crippen molar-refractivity contribution in [2.75, 3.05) is 13.7 Å². The summed E-state index contributed by atoms with van der Waals surface area (Å²) in [5.74, 6) is 0.847. The van der Waals surface area contributed by atoms with Crippen LogP contribution in [-0.4, -0.2) is 30.3 Å². The van der Waals surface area contributed by atoms with E-state index in [1.54, 1.807) is 7.11 Å². The smallest absolute Gasteiger partial charge is 0.230 e. The lowest BCUT2D eigenvalue weighted by atomic mass is 9.77. The molecule has 1 aromatic rings. The topological polar surface area (TPSA) is 58.6 Å². The summed E-state index contributed by atoms with van der Waals surface area (Å²) in [7, 11) is 1.65. The zero-order chi connectivity index (χ0) is 16.3. The number of rotatable bonds is 5. The average Bonchev–Trinajstić information content (AvgIpc) is 3.23. The van der Waals surface area contributed by atoms with E-state index in [1.165, 1.54) is 0 Å². The van der Waals surface area contributed by atoms with Gasteiger partial charge >= 0.3 is 0 Å². The Morgan fingerprint density at radius 3 is 2.48 bits per heavy atom. The molecule has 4 heteroatoms. The van der Waals surface area contributed by atoms with Gasteiger partial charge in [0, 0.05) is 6.54 Å². The second-order valence-electron chi connectivity index (χ2n) is 7.14. The van der Waals surface area contributed by atoms with Crippen LogP contribution in [0.1, 0.15) is 56.9 Å². The van der Waals surface area contributed by atoms with Gasteiger partial charge in [-0.2, -0.15) is 0 Å². The molecule has 0 unspecified atom stereocenters. The number of aliphatic hydroxyl groups is 1. The normalized spacial score (nSPS) is 22.0. The Hall–Kier alpha value is -1.55. The lowest BCUT2D eigenvalue weighted by Crippen LogP contribution is -2.48. The van der Waals surface area contributed by atoms with Crippen molar-refractivity contribution in [1.29, 1.82) is 0 Å². The third-order valence-electron chi connectivity index (χ3n) is 5.63. The number of carbonyl (C=O) groups excluding carboxylic acids is 1. The third kappa shape index (κ3) is 3.23. The van der Waals surface area contributed by atoms with Crippen molar-refractivity contribution in [1.82, 2.24) is 5.32 Å². The first-order valence-corrected chi connectivity index (χ1v) is 8.73. The summed E-state index contributed by atoms with van der Waals surface area (Å²) in [6.07, 6.45) is 7.54. The minimum atomic E-state index is -0.705. The summed E-state index contributed by atoms with van der Waals surface area (Å²) in [5, 5.41) is 13.5. The molecule has 126 valence electrons. The van der Waals surface area contributed by atoms with E-state index in [4.69, 9.17) is 4.74 Å². The van der Waals surface area contributed by atoms with Crippen LogP contribution in [-0.2, 0) is 10.2 Å². The molecule has 0 atom stereocenters. The fourth-order valence-electron chi connectivity index (χ4n) is 4.17. The van der Waals surface area contributed by atoms with Gasteiger partial charge in [0.15, 0.2) is 0 Å². The standard InChI is InChI=1S/C19H27NO3/c1-23-16-8-6-7-15(13-16)19(11-4-5-12-19)17(21)20-14-18(22)9-2-3-10-18/h6-8,13,22H,2-5,9-12,14H2,1H3,(H,20,21). The number of carbonyl (C=O) groups is 1. The number of hydrogen-bond acceptors (Lipinski definition) is 3. The largest absolute Gasteiger partial charge is 0.497 e. The summed E-state index contributed by atoms with van der Waals surface area (Å²) in [6.45, 7) is 0.373. The van der Waals surface area contributed by atoms with Crippen LogP contribution in [0.3, 0.4) is 0 Å². The lowest BCUT2D eigenvalue weighted by molar-refractivity contribution is -0.127. The van der Waals surface area contributed by atoms with Gasteiger partial charge in [-0.05, 0) is 43.4 Å². The van der Waals surface area contributed by atoms with E-state index in [9.17, 15) is 9.90 Å². The number of ether oxygens (including phenoxy) is 1. The van der Waals surface area contributed by atoms with Crippen molar-refractivity contribution in [3.8, 4) is 5.75 Å². The van der Waals surface area contributed by atoms with Crippen LogP contribution in [0.4, 0.5) is 0 Å². The van der Waals surface area contributed by atoms with Crippen molar-refractivity contribution >= 4 is 5.91 Å². The molecule has 4 nitrogen and oxygen atoms in total. The van der Waals surface area contributed by atoms with Crippen molar-refractivity contribution in [2.24, 2.45) is 0 Å². The molecule has 0 radical (unpaired) electrons. The van der Waals surface area contributed by atoms with Gasteiger partial charge in [-0.25, -0.2) is 0 Å². The molecular weight excluding hydrogens is 290 g/mol. The number of hydrogen-bond donors (Lipinski definition) is 2. The van der Waals surface area contributed by atoms with Crippen molar-refractivity contribution in [3.63, 3.8) is 0 Å². The number of amides is 1. The lowest BCUT2D eigenvalue weighted by Gasteiger charge is -2.31. The summed E-state index contributed by atoms with van der Waals surface area (Å²) < 4.78 is 5.32. The Bertz CT molecular complexity index is 557. The molecule has 3 rings (SSSR count). The fourth-order valence-corrected chi connectivity index (χ4v) is 4.17. The first-order valence-electron chi connectivity index (χ1n) is 8.73. The van der Waals surface area contributed by atoms with Crippen LogP contribution in [0.2, 0.25) is 0 Å². The molecule has 0 aromatic heterocycles. The predicted octanol–water partition coefficient (Wildman–Crippen LogP) is 2.93. The maximum Gasteiger partial charge on any atom is 0.230 e. The molecule has 0 heterocycles. The van der Waals surface area contributed by atoms with Gasteiger partial charge in [-0.1, -0.05) is 37.8 Å². The second kappa shape index (κ2) is 6.52. The van der Waals surface area contributed by atoms with Gasteiger partial charge in [0.2, 0.25) is 5.91 Å². The van der Waals surface area contributed by atoms with Crippen LogP contribution in [0.25, 0.3) is 0 Å². The fraction of sp³-hybridized carbons (Fsp3) is 0.632. The van der Waals surface area contributed by atoms with Crippen molar-refractivity contribution < 1.29 is 14.6 Å². The minimum Gasteiger partial charge on any atom is -0.497 e. The number of methoxy groups -OCH3 is 1. The molecule has 2 aliphatic rings. The van der Waals surface area contributed by atoms with Crippen LogP contribution in [0, 0.1) is 0 Å². The van der Waals surface area contributed by atoms with Crippen LogP contribution in [0.5, 0.6) is 5.75 Å². The molecule has 2 N–H and O–H groups in total. The Morgan fingerprint density at radius 1 is 1.17 bits per heavy atom. The molecule has 23 heavy (non-hydrogen) atoms. The Balaban J connectivity index is 1.78. The molecule has 0 spiro atoms. The maximum atomic E-state index is 13.0. The quantitative estimate of drug-likeness (QED) is 0.878. The highest BCUT2D eigenvalue weighted by Gasteiger charge is 2.43. The monoisotopic (exact) mass is 317 g/mol. The third-order valence-corrected chi connectivity index (χ3v) is 5.63. The van der Waals surface area contributed by atoms with Crippen molar-refractivity contribution in [3.05, 3.63) is 29.8 Å². The first kappa shape index (κ1) is 16.3. The Labute approximate surface area is 138 Å². The van der Waals surface area contributed by atoms with Gasteiger partial charge in [-0.15, -0.1) is 0 Å². The van der Waals surface area contributed by atoms with Gasteiger partial charge in [-0.3, -0.25) is 4.79 Å². The SMILES string of the molecule is COc1cccc(C2(C(=O)NCC3(O)CCCC3)CCCC2)c1. The van der Waals surface area contributed by atoms with E-state index in [1.807, 2.05) is 24.3 Å². The number of benzene rings is 1. The van der Waals surface area contributed by atoms with Gasteiger partial charge < -0.3 is 15.2 Å². The molecular formula is C19H27NO3. The highest BCUT2D eigenvalue weighted by Crippen LogP contribution is 2.42. The first-order chi connectivity index (χ1) is 11.1. The van der Waals surface area contributed by atoms with Crippen LogP contribution in [0.15, 0.2) is 24.3 Å². The molecule has 0 bridgehead atoms. The Kier molecular flexibility index (Phi) is 4.62. The van der Waals surface area contributed by atoms with E-state index in [2.05, 4.69) is 5.32 Å². The summed E-state index contributed by atoms with van der Waals surface area (Å²) in [5.41, 5.74) is -0.141. The van der Waals surface area contributed by atoms with Crippen LogP contribution >= 0.6 is 0 Å². The number of nitrogens with one attached hydrogen (secondary N) is 1.